The van der Waals surface area contributed by atoms with Crippen molar-refractivity contribution in [3.63, 3.8) is 0 Å². The summed E-state index contributed by atoms with van der Waals surface area (Å²) >= 11 is 0. The number of carbonyl (C=O) groups is 1. The largest absolute Gasteiger partial charge is 0.285 e. The summed E-state index contributed by atoms with van der Waals surface area (Å²) in [5.41, 5.74) is 5.30. The van der Waals surface area contributed by atoms with E-state index in [1.54, 1.807) is 12.3 Å². The summed E-state index contributed by atoms with van der Waals surface area (Å²) < 4.78 is 0. The number of carbonyl (C=O) groups excluding carboxylic acids is 1. The Bertz CT molecular complexity index is 606. The molecule has 1 aliphatic rings. The zero-order valence-corrected chi connectivity index (χ0v) is 11.9. The van der Waals surface area contributed by atoms with Crippen LogP contribution in [0.5, 0.6) is 0 Å². The minimum atomic E-state index is -0.0885. The first-order valence-corrected chi connectivity index (χ1v) is 7.32. The number of hydrazine groups is 1. The van der Waals surface area contributed by atoms with Crippen molar-refractivity contribution >= 4 is 5.91 Å². The summed E-state index contributed by atoms with van der Waals surface area (Å²) in [5.74, 6) is -0.0885. The molecule has 2 aromatic rings. The fraction of sp³-hybridized carbons (Fsp3) is 0.294. The van der Waals surface area contributed by atoms with Crippen molar-refractivity contribution in [3.8, 4) is 11.1 Å². The van der Waals surface area contributed by atoms with E-state index in [0.717, 1.165) is 37.1 Å². The van der Waals surface area contributed by atoms with Gasteiger partial charge in [-0.1, -0.05) is 36.8 Å². The third-order valence-corrected chi connectivity index (χ3v) is 3.68. The highest BCUT2D eigenvalue weighted by atomic mass is 16.2. The lowest BCUT2D eigenvalue weighted by Crippen LogP contribution is -2.45. The normalized spacial score (nSPS) is 15.6. The van der Waals surface area contributed by atoms with Gasteiger partial charge in [0.05, 0.1) is 11.8 Å². The molecule has 1 aliphatic heterocycles. The van der Waals surface area contributed by atoms with Crippen LogP contribution in [0.15, 0.2) is 42.6 Å². The maximum Gasteiger partial charge on any atom is 0.266 e. The van der Waals surface area contributed by atoms with E-state index in [1.807, 2.05) is 35.3 Å². The SMILES string of the molecule is O=C(NN1CCCCC1)c1ccn[c]c1-c1ccccc1. The van der Waals surface area contributed by atoms with E-state index in [9.17, 15) is 4.79 Å². The summed E-state index contributed by atoms with van der Waals surface area (Å²) in [6.45, 7) is 1.84. The molecule has 1 aromatic carbocycles. The van der Waals surface area contributed by atoms with Gasteiger partial charge in [-0.15, -0.1) is 0 Å². The Labute approximate surface area is 124 Å². The van der Waals surface area contributed by atoms with Crippen LogP contribution in [0.25, 0.3) is 11.1 Å². The zero-order valence-electron chi connectivity index (χ0n) is 11.9. The Morgan fingerprint density at radius 2 is 1.86 bits per heavy atom. The Balaban J connectivity index is 1.83. The van der Waals surface area contributed by atoms with Gasteiger partial charge in [0.15, 0.2) is 0 Å². The van der Waals surface area contributed by atoms with Gasteiger partial charge in [0.2, 0.25) is 0 Å². The molecule has 2 heterocycles. The molecule has 1 N–H and O–H groups in total. The lowest BCUT2D eigenvalue weighted by Gasteiger charge is -2.27. The van der Waals surface area contributed by atoms with Crippen LogP contribution in [0.4, 0.5) is 0 Å². The smallest absolute Gasteiger partial charge is 0.266 e. The average molecular weight is 280 g/mol. The van der Waals surface area contributed by atoms with Crippen molar-refractivity contribution in [2.45, 2.75) is 19.3 Å². The molecule has 3 rings (SSSR count). The molecule has 0 atom stereocenters. The first-order valence-electron chi connectivity index (χ1n) is 7.32. The second-order valence-corrected chi connectivity index (χ2v) is 5.20. The number of aromatic nitrogens is 1. The second kappa shape index (κ2) is 6.50. The van der Waals surface area contributed by atoms with Crippen LogP contribution in [-0.2, 0) is 0 Å². The molecule has 1 fully saturated rings. The number of piperidine rings is 1. The number of rotatable bonds is 3. The predicted molar refractivity (Wildman–Crippen MR) is 81.4 cm³/mol. The lowest BCUT2D eigenvalue weighted by molar-refractivity contribution is 0.0750. The molecule has 0 aliphatic carbocycles. The number of nitrogens with one attached hydrogen (secondary N) is 1. The summed E-state index contributed by atoms with van der Waals surface area (Å²) in [6, 6.07) is 11.5. The van der Waals surface area contributed by atoms with Crippen LogP contribution in [-0.4, -0.2) is 29.0 Å². The number of pyridine rings is 1. The van der Waals surface area contributed by atoms with Crippen molar-refractivity contribution < 1.29 is 4.79 Å². The number of amides is 1. The van der Waals surface area contributed by atoms with Gasteiger partial charge < -0.3 is 0 Å². The number of hydrogen-bond donors (Lipinski definition) is 1. The van der Waals surface area contributed by atoms with Crippen molar-refractivity contribution in [2.75, 3.05) is 13.1 Å². The Morgan fingerprint density at radius 3 is 2.62 bits per heavy atom. The molecule has 1 radical (unpaired) electrons. The summed E-state index contributed by atoms with van der Waals surface area (Å²) in [4.78, 5) is 16.5. The van der Waals surface area contributed by atoms with E-state index in [0.29, 0.717) is 5.56 Å². The molecule has 0 bridgehead atoms. The van der Waals surface area contributed by atoms with Gasteiger partial charge >= 0.3 is 0 Å². The average Bonchev–Trinajstić information content (AvgIpc) is 2.56. The first kappa shape index (κ1) is 13.8. The molecule has 4 nitrogen and oxygen atoms in total. The minimum Gasteiger partial charge on any atom is -0.285 e. The summed E-state index contributed by atoms with van der Waals surface area (Å²) in [6.07, 6.45) is 8.06. The minimum absolute atomic E-state index is 0.0885. The van der Waals surface area contributed by atoms with Gasteiger partial charge in [-0.2, -0.15) is 0 Å². The van der Waals surface area contributed by atoms with E-state index in [4.69, 9.17) is 0 Å². The first-order chi connectivity index (χ1) is 10.3. The maximum atomic E-state index is 12.5. The van der Waals surface area contributed by atoms with Crippen molar-refractivity contribution in [3.05, 3.63) is 54.4 Å². The van der Waals surface area contributed by atoms with Gasteiger partial charge in [-0.25, -0.2) is 5.01 Å². The van der Waals surface area contributed by atoms with Crippen LogP contribution < -0.4 is 5.43 Å². The molecule has 1 amide bonds. The summed E-state index contributed by atoms with van der Waals surface area (Å²) in [5, 5.41) is 2.00. The molecule has 0 saturated carbocycles. The van der Waals surface area contributed by atoms with Crippen LogP contribution >= 0.6 is 0 Å². The molecule has 107 valence electrons. The van der Waals surface area contributed by atoms with E-state index < -0.39 is 0 Å². The maximum absolute atomic E-state index is 12.5. The van der Waals surface area contributed by atoms with Gasteiger partial charge in [-0.05, 0) is 24.5 Å². The predicted octanol–water partition coefficient (Wildman–Crippen LogP) is 2.68. The van der Waals surface area contributed by atoms with Crippen LogP contribution in [0.3, 0.4) is 0 Å². The van der Waals surface area contributed by atoms with Gasteiger partial charge in [0.1, 0.15) is 0 Å². The van der Waals surface area contributed by atoms with Gasteiger partial charge in [-0.3, -0.25) is 15.2 Å². The standard InChI is InChI=1S/C17H18N3O/c21-17(19-20-11-5-2-6-12-20)15-9-10-18-13-16(15)14-7-3-1-4-8-14/h1,3-4,7-10H,2,5-6,11-12H2,(H,19,21). The zero-order chi connectivity index (χ0) is 14.5. The molecule has 0 spiro atoms. The monoisotopic (exact) mass is 280 g/mol. The van der Waals surface area contributed by atoms with Crippen molar-refractivity contribution in [1.29, 1.82) is 0 Å². The van der Waals surface area contributed by atoms with Crippen molar-refractivity contribution in [2.24, 2.45) is 0 Å². The Morgan fingerprint density at radius 1 is 1.10 bits per heavy atom. The summed E-state index contributed by atoms with van der Waals surface area (Å²) in [7, 11) is 0. The third kappa shape index (κ3) is 3.28. The van der Waals surface area contributed by atoms with Crippen molar-refractivity contribution in [1.82, 2.24) is 15.4 Å². The molecule has 21 heavy (non-hydrogen) atoms. The fourth-order valence-corrected chi connectivity index (χ4v) is 2.58. The van der Waals surface area contributed by atoms with E-state index in [1.165, 1.54) is 6.42 Å². The highest BCUT2D eigenvalue weighted by molar-refractivity contribution is 6.00. The van der Waals surface area contributed by atoms with Crippen LogP contribution in [0, 0.1) is 6.20 Å². The molecule has 4 heteroatoms. The molecular formula is C17H18N3O. The quantitative estimate of drug-likeness (QED) is 0.940. The van der Waals surface area contributed by atoms with Crippen LogP contribution in [0.2, 0.25) is 0 Å². The number of benzene rings is 1. The third-order valence-electron chi connectivity index (χ3n) is 3.68. The number of hydrogen-bond acceptors (Lipinski definition) is 3. The topological polar surface area (TPSA) is 45.2 Å². The Hall–Kier alpha value is -2.20. The molecule has 0 unspecified atom stereocenters. The second-order valence-electron chi connectivity index (χ2n) is 5.20. The highest BCUT2D eigenvalue weighted by Crippen LogP contribution is 2.22. The lowest BCUT2D eigenvalue weighted by atomic mass is 10.0. The molecular weight excluding hydrogens is 262 g/mol. The highest BCUT2D eigenvalue weighted by Gasteiger charge is 2.17. The van der Waals surface area contributed by atoms with Gasteiger partial charge in [0, 0.05) is 24.8 Å². The fourth-order valence-electron chi connectivity index (χ4n) is 2.58. The van der Waals surface area contributed by atoms with Gasteiger partial charge in [0.25, 0.3) is 5.91 Å². The van der Waals surface area contributed by atoms with Crippen LogP contribution in [0.1, 0.15) is 29.6 Å². The van der Waals surface area contributed by atoms with E-state index >= 15 is 0 Å². The number of nitrogens with zero attached hydrogens (tertiary/aromatic N) is 2. The van der Waals surface area contributed by atoms with E-state index in [2.05, 4.69) is 16.6 Å². The Kier molecular flexibility index (Phi) is 4.26. The molecule has 1 aromatic heterocycles. The molecule has 1 saturated heterocycles. The van der Waals surface area contributed by atoms with E-state index in [-0.39, 0.29) is 5.91 Å².